The lowest BCUT2D eigenvalue weighted by Gasteiger charge is -2.24. The van der Waals surface area contributed by atoms with Gasteiger partial charge in [0.05, 0.1) is 19.3 Å². The Hall–Kier alpha value is -3.22. The van der Waals surface area contributed by atoms with Gasteiger partial charge < -0.3 is 24.3 Å². The maximum absolute atomic E-state index is 12.4. The molecule has 2 aromatic carbocycles. The Balaban J connectivity index is 1.53. The summed E-state index contributed by atoms with van der Waals surface area (Å²) in [6.07, 6.45) is 0.827. The zero-order valence-corrected chi connectivity index (χ0v) is 18.2. The number of carbonyl (C=O) groups is 2. The van der Waals surface area contributed by atoms with E-state index in [0.717, 1.165) is 17.5 Å². The predicted molar refractivity (Wildman–Crippen MR) is 115 cm³/mol. The normalized spacial score (nSPS) is 13.8. The molecule has 1 amide bonds. The highest BCUT2D eigenvalue weighted by Gasteiger charge is 2.22. The fourth-order valence-electron chi connectivity index (χ4n) is 3.27. The molecule has 1 aliphatic rings. The Labute approximate surface area is 182 Å². The van der Waals surface area contributed by atoms with Crippen molar-refractivity contribution in [2.45, 2.75) is 33.2 Å². The zero-order chi connectivity index (χ0) is 22.2. The molecule has 0 bridgehead atoms. The van der Waals surface area contributed by atoms with E-state index in [0.29, 0.717) is 30.5 Å². The van der Waals surface area contributed by atoms with Crippen molar-refractivity contribution in [2.75, 3.05) is 26.4 Å². The minimum atomic E-state index is -0.602. The van der Waals surface area contributed by atoms with Crippen molar-refractivity contribution < 1.29 is 28.5 Å². The Bertz CT molecular complexity index is 911. The fraction of sp³-hybridized carbons (Fsp3) is 0.417. The monoisotopic (exact) mass is 427 g/mol. The second-order valence-electron chi connectivity index (χ2n) is 7.76. The van der Waals surface area contributed by atoms with Gasteiger partial charge in [0.2, 0.25) is 0 Å². The number of hydrogen-bond acceptors (Lipinski definition) is 6. The van der Waals surface area contributed by atoms with E-state index in [2.05, 4.69) is 5.32 Å². The van der Waals surface area contributed by atoms with Crippen molar-refractivity contribution >= 4 is 11.9 Å². The van der Waals surface area contributed by atoms with Gasteiger partial charge in [-0.2, -0.15) is 0 Å². The van der Waals surface area contributed by atoms with Crippen LogP contribution in [0.15, 0.2) is 42.5 Å². The number of hydrogen-bond donors (Lipinski definition) is 1. The molecule has 3 rings (SSSR count). The Morgan fingerprint density at radius 2 is 1.77 bits per heavy atom. The summed E-state index contributed by atoms with van der Waals surface area (Å²) in [4.78, 5) is 24.4. The second kappa shape index (κ2) is 10.7. The van der Waals surface area contributed by atoms with Gasteiger partial charge in [-0.1, -0.05) is 38.1 Å². The molecule has 0 fully saturated rings. The number of aryl methyl sites for hydroxylation is 1. The highest BCUT2D eigenvalue weighted by molar-refractivity contribution is 5.81. The largest absolute Gasteiger partial charge is 0.490 e. The minimum Gasteiger partial charge on any atom is -0.490 e. The minimum absolute atomic E-state index is 0.119. The summed E-state index contributed by atoms with van der Waals surface area (Å²) in [6.45, 7) is 6.49. The third kappa shape index (κ3) is 6.38. The first-order chi connectivity index (χ1) is 14.9. The van der Waals surface area contributed by atoms with E-state index in [-0.39, 0.29) is 31.1 Å². The predicted octanol–water partition coefficient (Wildman–Crippen LogP) is 3.59. The summed E-state index contributed by atoms with van der Waals surface area (Å²) in [5, 5.41) is 2.94. The van der Waals surface area contributed by atoms with E-state index < -0.39 is 5.97 Å². The Morgan fingerprint density at radius 1 is 1.03 bits per heavy atom. The van der Waals surface area contributed by atoms with Gasteiger partial charge in [-0.3, -0.25) is 4.79 Å². The van der Waals surface area contributed by atoms with Crippen LogP contribution in [0.25, 0.3) is 0 Å². The lowest BCUT2D eigenvalue weighted by Crippen LogP contribution is -2.35. The van der Waals surface area contributed by atoms with Crippen LogP contribution in [0, 0.1) is 12.8 Å². The van der Waals surface area contributed by atoms with Crippen LogP contribution in [0.2, 0.25) is 0 Å². The maximum Gasteiger partial charge on any atom is 0.344 e. The van der Waals surface area contributed by atoms with Crippen LogP contribution in [0.5, 0.6) is 17.2 Å². The Kier molecular flexibility index (Phi) is 7.76. The van der Waals surface area contributed by atoms with Crippen LogP contribution >= 0.6 is 0 Å². The number of esters is 1. The van der Waals surface area contributed by atoms with Crippen molar-refractivity contribution in [1.29, 1.82) is 0 Å². The lowest BCUT2D eigenvalue weighted by molar-refractivity contribution is -0.150. The number of fused-ring (bicyclic) bond motifs is 1. The van der Waals surface area contributed by atoms with Gasteiger partial charge in [0, 0.05) is 6.42 Å². The number of carbonyl (C=O) groups excluding carboxylic acids is 2. The number of para-hydroxylation sites is 1. The molecule has 0 aromatic heterocycles. The molecule has 0 saturated carbocycles. The van der Waals surface area contributed by atoms with Crippen molar-refractivity contribution in [3.8, 4) is 17.2 Å². The van der Waals surface area contributed by atoms with Gasteiger partial charge in [0.15, 0.2) is 24.7 Å². The summed E-state index contributed by atoms with van der Waals surface area (Å²) in [5.41, 5.74) is 1.82. The molecule has 0 aliphatic carbocycles. The van der Waals surface area contributed by atoms with Gasteiger partial charge in [-0.15, -0.1) is 0 Å². The molecule has 166 valence electrons. The molecule has 0 spiro atoms. The number of amides is 1. The van der Waals surface area contributed by atoms with Crippen molar-refractivity contribution in [1.82, 2.24) is 5.32 Å². The van der Waals surface area contributed by atoms with Crippen molar-refractivity contribution in [3.05, 3.63) is 53.6 Å². The van der Waals surface area contributed by atoms with E-state index in [9.17, 15) is 9.59 Å². The number of benzene rings is 2. The Morgan fingerprint density at radius 3 is 2.52 bits per heavy atom. The van der Waals surface area contributed by atoms with Gasteiger partial charge in [0.1, 0.15) is 5.75 Å². The smallest absolute Gasteiger partial charge is 0.344 e. The SMILES string of the molecule is Cc1ccccc1OCC(=O)OCC(=O)N[C@H](c1ccc2c(c1)OCCCO2)C(C)C. The van der Waals surface area contributed by atoms with Crippen LogP contribution in [0.4, 0.5) is 0 Å². The zero-order valence-electron chi connectivity index (χ0n) is 18.2. The summed E-state index contributed by atoms with van der Waals surface area (Å²) in [6, 6.07) is 12.8. The van der Waals surface area contributed by atoms with Crippen molar-refractivity contribution in [2.24, 2.45) is 5.92 Å². The molecule has 1 heterocycles. The first-order valence-corrected chi connectivity index (χ1v) is 10.5. The van der Waals surface area contributed by atoms with Crippen molar-refractivity contribution in [3.63, 3.8) is 0 Å². The summed E-state index contributed by atoms with van der Waals surface area (Å²) in [7, 11) is 0. The molecule has 0 radical (unpaired) electrons. The van der Waals surface area contributed by atoms with Crippen LogP contribution < -0.4 is 19.5 Å². The molecular weight excluding hydrogens is 398 g/mol. The molecule has 31 heavy (non-hydrogen) atoms. The van der Waals surface area contributed by atoms with E-state index in [1.807, 2.05) is 57.2 Å². The molecule has 1 atom stereocenters. The van der Waals surface area contributed by atoms with E-state index in [1.54, 1.807) is 6.07 Å². The van der Waals surface area contributed by atoms with Crippen LogP contribution in [0.3, 0.4) is 0 Å². The quantitative estimate of drug-likeness (QED) is 0.649. The topological polar surface area (TPSA) is 83.1 Å². The van der Waals surface area contributed by atoms with Gasteiger partial charge in [0.25, 0.3) is 5.91 Å². The molecule has 0 unspecified atom stereocenters. The second-order valence-corrected chi connectivity index (χ2v) is 7.76. The fourth-order valence-corrected chi connectivity index (χ4v) is 3.27. The van der Waals surface area contributed by atoms with Crippen LogP contribution in [-0.2, 0) is 14.3 Å². The van der Waals surface area contributed by atoms with Gasteiger partial charge in [-0.25, -0.2) is 4.79 Å². The molecule has 7 nitrogen and oxygen atoms in total. The van der Waals surface area contributed by atoms with Gasteiger partial charge in [-0.05, 0) is 42.2 Å². The average Bonchev–Trinajstić information content (AvgIpc) is 3.00. The molecule has 1 aliphatic heterocycles. The molecule has 2 aromatic rings. The first-order valence-electron chi connectivity index (χ1n) is 10.5. The third-order valence-electron chi connectivity index (χ3n) is 4.92. The molecule has 7 heteroatoms. The first kappa shape index (κ1) is 22.5. The molecule has 1 N–H and O–H groups in total. The molecule has 0 saturated heterocycles. The number of nitrogens with one attached hydrogen (secondary N) is 1. The van der Waals surface area contributed by atoms with Crippen LogP contribution in [-0.4, -0.2) is 38.3 Å². The average molecular weight is 427 g/mol. The van der Waals surface area contributed by atoms with E-state index >= 15 is 0 Å². The van der Waals surface area contributed by atoms with E-state index in [1.165, 1.54) is 0 Å². The third-order valence-corrected chi connectivity index (χ3v) is 4.92. The number of rotatable bonds is 8. The summed E-state index contributed by atoms with van der Waals surface area (Å²) < 4.78 is 21.9. The summed E-state index contributed by atoms with van der Waals surface area (Å²) >= 11 is 0. The van der Waals surface area contributed by atoms with E-state index in [4.69, 9.17) is 18.9 Å². The highest BCUT2D eigenvalue weighted by Crippen LogP contribution is 2.34. The summed E-state index contributed by atoms with van der Waals surface area (Å²) in [5.74, 6) is 1.13. The molecular formula is C24H29NO6. The van der Waals surface area contributed by atoms with Gasteiger partial charge >= 0.3 is 5.97 Å². The maximum atomic E-state index is 12.4. The standard InChI is InChI=1S/C24H29NO6/c1-16(2)24(18-9-10-20-21(13-18)29-12-6-11-28-20)25-22(26)14-31-23(27)15-30-19-8-5-4-7-17(19)3/h4-5,7-10,13,16,24H,6,11-12,14-15H2,1-3H3,(H,25,26)/t24-/m0/s1. The highest BCUT2D eigenvalue weighted by atomic mass is 16.6. The van der Waals surface area contributed by atoms with Crippen LogP contribution in [0.1, 0.15) is 37.4 Å². The number of ether oxygens (including phenoxy) is 4. The lowest BCUT2D eigenvalue weighted by atomic mass is 9.95.